The Kier molecular flexibility index (Phi) is 6.92. The van der Waals surface area contributed by atoms with E-state index in [-0.39, 0.29) is 16.6 Å². The second-order valence-electron chi connectivity index (χ2n) is 8.28. The van der Waals surface area contributed by atoms with E-state index in [1.807, 2.05) is 25.1 Å². The standard InChI is InChI=1S/C24H26FN3O3S2/c1-15-5-3-4-6-19(15)22(29)20-14-27-24(32-20)28-23(17-9-11-26-12-10-17)33(30,31)21-13-18(25)8-7-16(21)2/h3-8,13-14,17,23,26H,9-12H2,1-2H3,(H,27,28). The molecule has 174 valence electrons. The number of nitrogens with one attached hydrogen (secondary N) is 2. The molecule has 3 aromatic rings. The highest BCUT2D eigenvalue weighted by molar-refractivity contribution is 7.92. The van der Waals surface area contributed by atoms with Gasteiger partial charge in [0.2, 0.25) is 5.78 Å². The van der Waals surface area contributed by atoms with Crippen LogP contribution < -0.4 is 10.6 Å². The average molecular weight is 488 g/mol. The minimum Gasteiger partial charge on any atom is -0.345 e. The van der Waals surface area contributed by atoms with Crippen LogP contribution in [0.25, 0.3) is 0 Å². The molecular weight excluding hydrogens is 461 g/mol. The van der Waals surface area contributed by atoms with E-state index >= 15 is 0 Å². The predicted molar refractivity (Wildman–Crippen MR) is 128 cm³/mol. The number of ketones is 1. The van der Waals surface area contributed by atoms with Gasteiger partial charge in [0.15, 0.2) is 15.0 Å². The molecule has 9 heteroatoms. The number of thiazole rings is 1. The van der Waals surface area contributed by atoms with Gasteiger partial charge in [0, 0.05) is 5.56 Å². The molecule has 0 saturated carbocycles. The zero-order valence-electron chi connectivity index (χ0n) is 18.5. The molecule has 0 spiro atoms. The van der Waals surface area contributed by atoms with E-state index in [2.05, 4.69) is 15.6 Å². The van der Waals surface area contributed by atoms with Gasteiger partial charge in [-0.05, 0) is 69.0 Å². The Balaban J connectivity index is 1.66. The summed E-state index contributed by atoms with van der Waals surface area (Å²) in [7, 11) is -3.92. The molecule has 6 nitrogen and oxygen atoms in total. The maximum absolute atomic E-state index is 14.0. The quantitative estimate of drug-likeness (QED) is 0.482. The highest BCUT2D eigenvalue weighted by Gasteiger charge is 2.37. The summed E-state index contributed by atoms with van der Waals surface area (Å²) < 4.78 is 41.3. The number of piperidine rings is 1. The van der Waals surface area contributed by atoms with E-state index in [0.717, 1.165) is 23.0 Å². The van der Waals surface area contributed by atoms with Gasteiger partial charge < -0.3 is 10.6 Å². The van der Waals surface area contributed by atoms with Crippen molar-refractivity contribution >= 4 is 32.1 Å². The predicted octanol–water partition coefficient (Wildman–Crippen LogP) is 4.34. The summed E-state index contributed by atoms with van der Waals surface area (Å²) in [6.07, 6.45) is 2.79. The van der Waals surface area contributed by atoms with E-state index in [4.69, 9.17) is 0 Å². The molecule has 0 bridgehead atoms. The van der Waals surface area contributed by atoms with Crippen molar-refractivity contribution in [3.05, 3.63) is 76.0 Å². The Bertz CT molecular complexity index is 1270. The van der Waals surface area contributed by atoms with Gasteiger partial charge >= 0.3 is 0 Å². The minimum atomic E-state index is -3.92. The molecule has 1 aromatic heterocycles. The third-order valence-electron chi connectivity index (χ3n) is 5.99. The van der Waals surface area contributed by atoms with Gasteiger partial charge in [-0.25, -0.2) is 17.8 Å². The first-order valence-electron chi connectivity index (χ1n) is 10.8. The molecule has 4 rings (SSSR count). The number of sulfone groups is 1. The summed E-state index contributed by atoms with van der Waals surface area (Å²) >= 11 is 1.13. The summed E-state index contributed by atoms with van der Waals surface area (Å²) in [5.41, 5.74) is 1.94. The van der Waals surface area contributed by atoms with Gasteiger partial charge in [0.25, 0.3) is 0 Å². The van der Waals surface area contributed by atoms with Crippen LogP contribution in [0.2, 0.25) is 0 Å². The number of anilines is 1. The van der Waals surface area contributed by atoms with Crippen molar-refractivity contribution in [3.8, 4) is 0 Å². The normalized spacial score (nSPS) is 15.8. The van der Waals surface area contributed by atoms with E-state index in [0.29, 0.717) is 47.1 Å². The zero-order chi connectivity index (χ0) is 23.6. The molecule has 0 aliphatic carbocycles. The van der Waals surface area contributed by atoms with Crippen molar-refractivity contribution in [2.45, 2.75) is 37.0 Å². The van der Waals surface area contributed by atoms with Crippen LogP contribution >= 0.6 is 11.3 Å². The molecule has 1 fully saturated rings. The molecule has 2 aromatic carbocycles. The van der Waals surface area contributed by atoms with Crippen molar-refractivity contribution < 1.29 is 17.6 Å². The lowest BCUT2D eigenvalue weighted by molar-refractivity contribution is 0.104. The van der Waals surface area contributed by atoms with Crippen LogP contribution in [-0.2, 0) is 9.84 Å². The number of aryl methyl sites for hydroxylation is 2. The average Bonchev–Trinajstić information content (AvgIpc) is 3.28. The molecule has 2 heterocycles. The van der Waals surface area contributed by atoms with Crippen molar-refractivity contribution in [1.82, 2.24) is 10.3 Å². The lowest BCUT2D eigenvalue weighted by Gasteiger charge is -2.31. The summed E-state index contributed by atoms with van der Waals surface area (Å²) in [5, 5.41) is 5.72. The first-order valence-corrected chi connectivity index (χ1v) is 13.2. The summed E-state index contributed by atoms with van der Waals surface area (Å²) in [5.74, 6) is -0.928. The maximum Gasteiger partial charge on any atom is 0.204 e. The summed E-state index contributed by atoms with van der Waals surface area (Å²) in [4.78, 5) is 17.7. The van der Waals surface area contributed by atoms with Crippen LogP contribution in [0.1, 0.15) is 39.2 Å². The van der Waals surface area contributed by atoms with Crippen LogP contribution in [0.3, 0.4) is 0 Å². The number of halogens is 1. The second kappa shape index (κ2) is 9.70. The van der Waals surface area contributed by atoms with Crippen LogP contribution in [0.4, 0.5) is 9.52 Å². The monoisotopic (exact) mass is 487 g/mol. The first kappa shape index (κ1) is 23.5. The fourth-order valence-corrected chi connectivity index (χ4v) is 7.14. The Hall–Kier alpha value is -2.62. The van der Waals surface area contributed by atoms with E-state index < -0.39 is 21.0 Å². The van der Waals surface area contributed by atoms with E-state index in [9.17, 15) is 17.6 Å². The molecule has 1 aliphatic heterocycles. The van der Waals surface area contributed by atoms with Gasteiger partial charge in [0.1, 0.15) is 11.2 Å². The number of carbonyl (C=O) groups is 1. The molecule has 33 heavy (non-hydrogen) atoms. The smallest absolute Gasteiger partial charge is 0.204 e. The van der Waals surface area contributed by atoms with Crippen molar-refractivity contribution in [3.63, 3.8) is 0 Å². The van der Waals surface area contributed by atoms with Gasteiger partial charge in [-0.2, -0.15) is 0 Å². The number of nitrogens with zero attached hydrogens (tertiary/aromatic N) is 1. The third-order valence-corrected chi connectivity index (χ3v) is 9.14. The van der Waals surface area contributed by atoms with Gasteiger partial charge in [-0.3, -0.25) is 4.79 Å². The van der Waals surface area contributed by atoms with Gasteiger partial charge in [0.05, 0.1) is 16.0 Å². The molecule has 1 aliphatic rings. The largest absolute Gasteiger partial charge is 0.345 e. The number of benzene rings is 2. The van der Waals surface area contributed by atoms with Crippen molar-refractivity contribution in [2.24, 2.45) is 5.92 Å². The zero-order valence-corrected chi connectivity index (χ0v) is 20.1. The second-order valence-corrected chi connectivity index (χ2v) is 11.3. The highest BCUT2D eigenvalue weighted by Crippen LogP contribution is 2.32. The third kappa shape index (κ3) is 5.00. The summed E-state index contributed by atoms with van der Waals surface area (Å²) in [6, 6.07) is 11.1. The number of hydrogen-bond donors (Lipinski definition) is 2. The van der Waals surface area contributed by atoms with Gasteiger partial charge in [-0.1, -0.05) is 41.7 Å². The fourth-order valence-electron chi connectivity index (χ4n) is 4.14. The number of hydrogen-bond acceptors (Lipinski definition) is 7. The number of aromatic nitrogens is 1. The molecule has 1 saturated heterocycles. The minimum absolute atomic E-state index is 0.0219. The lowest BCUT2D eigenvalue weighted by atomic mass is 9.98. The van der Waals surface area contributed by atoms with Crippen molar-refractivity contribution in [1.29, 1.82) is 0 Å². The number of carbonyl (C=O) groups excluding carboxylic acids is 1. The van der Waals surface area contributed by atoms with E-state index in [1.54, 1.807) is 13.0 Å². The lowest BCUT2D eigenvalue weighted by Crippen LogP contribution is -2.42. The molecule has 0 radical (unpaired) electrons. The Morgan fingerprint density at radius 3 is 2.61 bits per heavy atom. The Morgan fingerprint density at radius 2 is 1.88 bits per heavy atom. The fraction of sp³-hybridized carbons (Fsp3) is 0.333. The molecule has 1 atom stereocenters. The van der Waals surface area contributed by atoms with Crippen LogP contribution in [0, 0.1) is 25.6 Å². The number of rotatable bonds is 7. The molecule has 2 N–H and O–H groups in total. The van der Waals surface area contributed by atoms with Gasteiger partial charge in [-0.15, -0.1) is 0 Å². The Morgan fingerprint density at radius 1 is 1.15 bits per heavy atom. The topological polar surface area (TPSA) is 88.2 Å². The van der Waals surface area contributed by atoms with Crippen molar-refractivity contribution in [2.75, 3.05) is 18.4 Å². The van der Waals surface area contributed by atoms with Crippen LogP contribution in [0.5, 0.6) is 0 Å². The summed E-state index contributed by atoms with van der Waals surface area (Å²) in [6.45, 7) is 4.94. The van der Waals surface area contributed by atoms with Crippen LogP contribution in [0.15, 0.2) is 53.6 Å². The first-order chi connectivity index (χ1) is 15.8. The molecule has 1 unspecified atom stereocenters. The maximum atomic E-state index is 14.0. The van der Waals surface area contributed by atoms with E-state index in [1.165, 1.54) is 18.3 Å². The molecule has 0 amide bonds. The highest BCUT2D eigenvalue weighted by atomic mass is 32.2. The Labute approximate surface area is 197 Å². The molecular formula is C24H26FN3O3S2. The SMILES string of the molecule is Cc1ccccc1C(=O)c1cnc(NC(C2CCNCC2)S(=O)(=O)c2cc(F)ccc2C)s1. The van der Waals surface area contributed by atoms with Crippen LogP contribution in [-0.4, -0.2) is 37.6 Å².